The maximum atomic E-state index is 3.29. The van der Waals surface area contributed by atoms with E-state index in [4.69, 9.17) is 0 Å². The highest BCUT2D eigenvalue weighted by atomic mass is 15.3. The van der Waals surface area contributed by atoms with Gasteiger partial charge in [0, 0.05) is 39.3 Å². The maximum Gasteiger partial charge on any atom is 0.0110 e. The predicted octanol–water partition coefficient (Wildman–Crippen LogP) is 1.26. The van der Waals surface area contributed by atoms with E-state index in [1.807, 2.05) is 7.05 Å². The van der Waals surface area contributed by atoms with Gasteiger partial charge in [-0.2, -0.15) is 0 Å². The van der Waals surface area contributed by atoms with Gasteiger partial charge >= 0.3 is 0 Å². The minimum absolute atomic E-state index is 0.391. The summed E-state index contributed by atoms with van der Waals surface area (Å²) in [5.74, 6) is 0. The zero-order chi connectivity index (χ0) is 12.0. The van der Waals surface area contributed by atoms with Crippen molar-refractivity contribution >= 4 is 0 Å². The quantitative estimate of drug-likeness (QED) is 0.737. The third-order valence-electron chi connectivity index (χ3n) is 3.31. The second-order valence-electron chi connectivity index (χ2n) is 5.81. The Morgan fingerprint density at radius 1 is 1.06 bits per heavy atom. The highest BCUT2D eigenvalue weighted by Gasteiger charge is 2.23. The molecule has 0 atom stereocenters. The molecule has 3 heteroatoms. The normalized spacial score (nSPS) is 20.2. The summed E-state index contributed by atoms with van der Waals surface area (Å²) in [6.07, 6.45) is 1.28. The molecule has 0 radical (unpaired) electrons. The Morgan fingerprint density at radius 2 is 1.62 bits per heavy atom. The number of hydrogen-bond acceptors (Lipinski definition) is 3. The third kappa shape index (κ3) is 4.81. The summed E-state index contributed by atoms with van der Waals surface area (Å²) < 4.78 is 0. The van der Waals surface area contributed by atoms with Crippen molar-refractivity contribution in [2.75, 3.05) is 52.9 Å². The molecular formula is C13H29N3. The van der Waals surface area contributed by atoms with E-state index < -0.39 is 0 Å². The fourth-order valence-corrected chi connectivity index (χ4v) is 2.63. The standard InChI is InChI=1S/C13H29N3/c1-5-6-15-7-9-16(10-8-15)12-13(2,3)11-14-4/h14H,5-12H2,1-4H3. The highest BCUT2D eigenvalue weighted by molar-refractivity contribution is 4.79. The van der Waals surface area contributed by atoms with Crippen molar-refractivity contribution < 1.29 is 0 Å². The first kappa shape index (κ1) is 13.9. The van der Waals surface area contributed by atoms with Crippen LogP contribution in [0.4, 0.5) is 0 Å². The van der Waals surface area contributed by atoms with Crippen LogP contribution in [0.3, 0.4) is 0 Å². The Labute approximate surface area is 101 Å². The average Bonchev–Trinajstić information content (AvgIpc) is 2.21. The van der Waals surface area contributed by atoms with Gasteiger partial charge in [-0.3, -0.25) is 0 Å². The summed E-state index contributed by atoms with van der Waals surface area (Å²) >= 11 is 0. The van der Waals surface area contributed by atoms with E-state index in [9.17, 15) is 0 Å². The molecule has 0 aromatic carbocycles. The fourth-order valence-electron chi connectivity index (χ4n) is 2.63. The summed E-state index contributed by atoms with van der Waals surface area (Å²) in [4.78, 5) is 5.20. The van der Waals surface area contributed by atoms with Crippen molar-refractivity contribution in [1.82, 2.24) is 15.1 Å². The average molecular weight is 227 g/mol. The molecule has 0 aromatic heterocycles. The smallest absolute Gasteiger partial charge is 0.0110 e. The summed E-state index contributed by atoms with van der Waals surface area (Å²) in [5.41, 5.74) is 0.391. The van der Waals surface area contributed by atoms with Crippen LogP contribution < -0.4 is 5.32 Å². The summed E-state index contributed by atoms with van der Waals surface area (Å²) in [6, 6.07) is 0. The van der Waals surface area contributed by atoms with Gasteiger partial charge in [-0.25, -0.2) is 0 Å². The SMILES string of the molecule is CCCN1CCN(CC(C)(C)CNC)CC1. The molecule has 0 spiro atoms. The molecule has 16 heavy (non-hydrogen) atoms. The van der Waals surface area contributed by atoms with Gasteiger partial charge in [0.2, 0.25) is 0 Å². The molecule has 0 aliphatic carbocycles. The van der Waals surface area contributed by atoms with Gasteiger partial charge < -0.3 is 15.1 Å². The Hall–Kier alpha value is -0.120. The Bertz CT molecular complexity index is 184. The van der Waals surface area contributed by atoms with Crippen molar-refractivity contribution in [2.45, 2.75) is 27.2 Å². The number of rotatable bonds is 6. The van der Waals surface area contributed by atoms with Crippen molar-refractivity contribution in [2.24, 2.45) is 5.41 Å². The fraction of sp³-hybridized carbons (Fsp3) is 1.00. The Kier molecular flexibility index (Phi) is 5.73. The lowest BCUT2D eigenvalue weighted by Gasteiger charge is -2.38. The van der Waals surface area contributed by atoms with Crippen molar-refractivity contribution in [1.29, 1.82) is 0 Å². The molecule has 0 amide bonds. The topological polar surface area (TPSA) is 18.5 Å². The van der Waals surface area contributed by atoms with E-state index in [1.54, 1.807) is 0 Å². The van der Waals surface area contributed by atoms with Gasteiger partial charge in [-0.05, 0) is 25.4 Å². The van der Waals surface area contributed by atoms with Gasteiger partial charge in [-0.1, -0.05) is 20.8 Å². The second kappa shape index (κ2) is 6.58. The van der Waals surface area contributed by atoms with Gasteiger partial charge in [0.25, 0.3) is 0 Å². The van der Waals surface area contributed by atoms with Crippen LogP contribution in [0.2, 0.25) is 0 Å². The van der Waals surface area contributed by atoms with Crippen LogP contribution in [0.15, 0.2) is 0 Å². The molecule has 1 fully saturated rings. The summed E-state index contributed by atoms with van der Waals surface area (Å²) in [5, 5.41) is 3.29. The van der Waals surface area contributed by atoms with Gasteiger partial charge in [0.15, 0.2) is 0 Å². The van der Waals surface area contributed by atoms with Gasteiger partial charge in [0.1, 0.15) is 0 Å². The van der Waals surface area contributed by atoms with E-state index in [-0.39, 0.29) is 0 Å². The Morgan fingerprint density at radius 3 is 2.12 bits per heavy atom. The van der Waals surface area contributed by atoms with E-state index in [1.165, 1.54) is 45.7 Å². The van der Waals surface area contributed by atoms with Crippen LogP contribution in [0.5, 0.6) is 0 Å². The third-order valence-corrected chi connectivity index (χ3v) is 3.31. The first-order valence-electron chi connectivity index (χ1n) is 6.67. The molecule has 1 heterocycles. The van der Waals surface area contributed by atoms with E-state index in [0.29, 0.717) is 5.41 Å². The van der Waals surface area contributed by atoms with Crippen LogP contribution in [-0.2, 0) is 0 Å². The predicted molar refractivity (Wildman–Crippen MR) is 70.9 cm³/mol. The van der Waals surface area contributed by atoms with E-state index >= 15 is 0 Å². The molecule has 0 bridgehead atoms. The van der Waals surface area contributed by atoms with Crippen LogP contribution in [0.1, 0.15) is 27.2 Å². The summed E-state index contributed by atoms with van der Waals surface area (Å²) in [7, 11) is 2.04. The molecule has 1 saturated heterocycles. The van der Waals surface area contributed by atoms with Crippen LogP contribution >= 0.6 is 0 Å². The molecule has 1 aliphatic rings. The molecular weight excluding hydrogens is 198 g/mol. The molecule has 1 N–H and O–H groups in total. The zero-order valence-corrected chi connectivity index (χ0v) is 11.6. The zero-order valence-electron chi connectivity index (χ0n) is 11.6. The van der Waals surface area contributed by atoms with Gasteiger partial charge in [-0.15, -0.1) is 0 Å². The number of nitrogens with one attached hydrogen (secondary N) is 1. The van der Waals surface area contributed by atoms with Crippen LogP contribution in [-0.4, -0.2) is 62.7 Å². The minimum atomic E-state index is 0.391. The highest BCUT2D eigenvalue weighted by Crippen LogP contribution is 2.16. The largest absolute Gasteiger partial charge is 0.319 e. The molecule has 0 saturated carbocycles. The number of nitrogens with zero attached hydrogens (tertiary/aromatic N) is 2. The van der Waals surface area contributed by atoms with Crippen molar-refractivity contribution in [3.05, 3.63) is 0 Å². The van der Waals surface area contributed by atoms with Crippen LogP contribution in [0.25, 0.3) is 0 Å². The molecule has 3 nitrogen and oxygen atoms in total. The molecule has 96 valence electrons. The summed E-state index contributed by atoms with van der Waals surface area (Å²) in [6.45, 7) is 15.5. The monoisotopic (exact) mass is 227 g/mol. The van der Waals surface area contributed by atoms with E-state index in [0.717, 1.165) is 6.54 Å². The van der Waals surface area contributed by atoms with E-state index in [2.05, 4.69) is 35.9 Å². The molecule has 0 aromatic rings. The first-order chi connectivity index (χ1) is 7.57. The first-order valence-corrected chi connectivity index (χ1v) is 6.67. The van der Waals surface area contributed by atoms with Crippen molar-refractivity contribution in [3.63, 3.8) is 0 Å². The minimum Gasteiger partial charge on any atom is -0.319 e. The Balaban J connectivity index is 2.26. The maximum absolute atomic E-state index is 3.29. The molecule has 1 rings (SSSR count). The van der Waals surface area contributed by atoms with Crippen LogP contribution in [0, 0.1) is 5.41 Å². The second-order valence-corrected chi connectivity index (χ2v) is 5.81. The lowest BCUT2D eigenvalue weighted by Crippen LogP contribution is -2.50. The molecule has 0 unspecified atom stereocenters. The molecule has 1 aliphatic heterocycles. The van der Waals surface area contributed by atoms with Crippen molar-refractivity contribution in [3.8, 4) is 0 Å². The number of piperazine rings is 1. The lowest BCUT2D eigenvalue weighted by molar-refractivity contribution is 0.0971. The lowest BCUT2D eigenvalue weighted by atomic mass is 9.92. The number of hydrogen-bond donors (Lipinski definition) is 1. The van der Waals surface area contributed by atoms with Gasteiger partial charge in [0.05, 0.1) is 0 Å².